The van der Waals surface area contributed by atoms with Crippen molar-refractivity contribution in [3.05, 3.63) is 59.2 Å². The van der Waals surface area contributed by atoms with E-state index in [0.29, 0.717) is 12.0 Å². The van der Waals surface area contributed by atoms with Crippen LogP contribution in [0.2, 0.25) is 0 Å². The van der Waals surface area contributed by atoms with Crippen molar-refractivity contribution in [1.82, 2.24) is 9.55 Å². The number of ether oxygens (including phenoxy) is 1. The monoisotopic (exact) mass is 340 g/mol. The Morgan fingerprint density at radius 2 is 2.16 bits per heavy atom. The molecule has 1 heterocycles. The number of aromatic carboxylic acids is 1. The van der Waals surface area contributed by atoms with E-state index in [9.17, 15) is 19.5 Å². The molecule has 0 fully saturated rings. The van der Waals surface area contributed by atoms with Crippen molar-refractivity contribution in [2.75, 3.05) is 6.61 Å². The van der Waals surface area contributed by atoms with Gasteiger partial charge in [0.1, 0.15) is 6.04 Å². The van der Waals surface area contributed by atoms with Gasteiger partial charge in [-0.25, -0.2) is 14.6 Å². The fourth-order valence-corrected chi connectivity index (χ4v) is 2.88. The number of esters is 1. The van der Waals surface area contributed by atoms with Gasteiger partial charge >= 0.3 is 11.9 Å². The third kappa shape index (κ3) is 3.21. The number of ketones is 1. The summed E-state index contributed by atoms with van der Waals surface area (Å²) in [5.41, 5.74) is 1.75. The van der Waals surface area contributed by atoms with Gasteiger partial charge in [-0.05, 0) is 18.6 Å². The predicted octanol–water partition coefficient (Wildman–Crippen LogP) is 2.14. The molecule has 1 unspecified atom stereocenters. The summed E-state index contributed by atoms with van der Waals surface area (Å²) in [5.74, 6) is -2.16. The van der Waals surface area contributed by atoms with Gasteiger partial charge in [-0.2, -0.15) is 0 Å². The number of rotatable bonds is 5. The van der Waals surface area contributed by atoms with Crippen LogP contribution in [0, 0.1) is 0 Å². The minimum absolute atomic E-state index is 0.142. The highest BCUT2D eigenvalue weighted by Gasteiger charge is 2.34. The van der Waals surface area contributed by atoms with Crippen molar-refractivity contribution >= 4 is 23.8 Å². The summed E-state index contributed by atoms with van der Waals surface area (Å²) in [7, 11) is 0. The van der Waals surface area contributed by atoms with Crippen LogP contribution >= 0.6 is 0 Å². The average molecular weight is 340 g/mol. The van der Waals surface area contributed by atoms with Crippen molar-refractivity contribution < 1.29 is 24.2 Å². The van der Waals surface area contributed by atoms with Gasteiger partial charge in [0.2, 0.25) is 5.82 Å². The fraction of sp³-hybridized carbons (Fsp3) is 0.222. The van der Waals surface area contributed by atoms with Crippen molar-refractivity contribution in [3.63, 3.8) is 0 Å². The molecule has 1 atom stereocenters. The number of hydrogen-bond acceptors (Lipinski definition) is 5. The number of hydrogen-bond donors (Lipinski definition) is 1. The Hall–Kier alpha value is -3.22. The molecule has 0 saturated carbocycles. The fourth-order valence-electron chi connectivity index (χ4n) is 2.88. The third-order valence-corrected chi connectivity index (χ3v) is 3.95. The number of aromatic nitrogens is 2. The summed E-state index contributed by atoms with van der Waals surface area (Å²) in [5, 5.41) is 9.39. The SMILES string of the molecule is CCOC(=O)/C=C/c1cn(C2Cc3ccccc3C2=O)c(C(=O)O)n1. The maximum absolute atomic E-state index is 12.6. The van der Waals surface area contributed by atoms with Crippen LogP contribution in [-0.2, 0) is 16.0 Å². The molecule has 128 valence electrons. The number of imidazole rings is 1. The molecule has 1 aliphatic carbocycles. The second-order valence-electron chi connectivity index (χ2n) is 5.53. The summed E-state index contributed by atoms with van der Waals surface area (Å²) in [6.45, 7) is 1.93. The molecule has 1 N–H and O–H groups in total. The molecule has 0 aliphatic heterocycles. The van der Waals surface area contributed by atoms with Crippen molar-refractivity contribution in [3.8, 4) is 0 Å². The lowest BCUT2D eigenvalue weighted by Crippen LogP contribution is -2.19. The minimum atomic E-state index is -1.24. The molecule has 0 saturated heterocycles. The Labute approximate surface area is 143 Å². The summed E-state index contributed by atoms with van der Waals surface area (Å²) < 4.78 is 6.13. The zero-order valence-electron chi connectivity index (χ0n) is 13.5. The first-order valence-corrected chi connectivity index (χ1v) is 7.80. The van der Waals surface area contributed by atoms with Gasteiger partial charge in [0.05, 0.1) is 12.3 Å². The standard InChI is InChI=1S/C18H16N2O5/c1-2-25-15(21)8-7-12-10-20(17(19-12)18(23)24)14-9-11-5-3-4-6-13(11)16(14)22/h3-8,10,14H,2,9H2,1H3,(H,23,24)/b8-7+. The van der Waals surface area contributed by atoms with Gasteiger partial charge in [-0.1, -0.05) is 24.3 Å². The first-order valence-electron chi connectivity index (χ1n) is 7.80. The van der Waals surface area contributed by atoms with E-state index in [1.54, 1.807) is 19.1 Å². The van der Waals surface area contributed by atoms with E-state index >= 15 is 0 Å². The van der Waals surface area contributed by atoms with E-state index in [1.807, 2.05) is 12.1 Å². The number of carbonyl (C=O) groups is 3. The van der Waals surface area contributed by atoms with Crippen LogP contribution < -0.4 is 0 Å². The molecule has 0 radical (unpaired) electrons. The Bertz CT molecular complexity index is 881. The second kappa shape index (κ2) is 6.72. The van der Waals surface area contributed by atoms with Crippen molar-refractivity contribution in [2.45, 2.75) is 19.4 Å². The first kappa shape index (κ1) is 16.6. The largest absolute Gasteiger partial charge is 0.475 e. The summed E-state index contributed by atoms with van der Waals surface area (Å²) >= 11 is 0. The lowest BCUT2D eigenvalue weighted by Gasteiger charge is -2.11. The molecule has 1 aliphatic rings. The summed E-state index contributed by atoms with van der Waals surface area (Å²) in [4.78, 5) is 39.5. The van der Waals surface area contributed by atoms with Crippen LogP contribution in [0.4, 0.5) is 0 Å². The average Bonchev–Trinajstić information content (AvgIpc) is 3.15. The molecular weight excluding hydrogens is 324 g/mol. The van der Waals surface area contributed by atoms with E-state index < -0.39 is 18.0 Å². The second-order valence-corrected chi connectivity index (χ2v) is 5.53. The smallest absolute Gasteiger partial charge is 0.372 e. The summed E-state index contributed by atoms with van der Waals surface area (Å²) in [6, 6.07) is 6.55. The lowest BCUT2D eigenvalue weighted by molar-refractivity contribution is -0.137. The quantitative estimate of drug-likeness (QED) is 0.661. The maximum Gasteiger partial charge on any atom is 0.372 e. The van der Waals surface area contributed by atoms with Crippen LogP contribution in [0.1, 0.15) is 45.2 Å². The number of carboxylic acids is 1. The van der Waals surface area contributed by atoms with Gasteiger partial charge < -0.3 is 14.4 Å². The molecule has 1 aromatic carbocycles. The maximum atomic E-state index is 12.6. The van der Waals surface area contributed by atoms with Crippen LogP contribution in [0.25, 0.3) is 6.08 Å². The number of nitrogens with zero attached hydrogens (tertiary/aromatic N) is 2. The van der Waals surface area contributed by atoms with E-state index in [4.69, 9.17) is 4.74 Å². The molecule has 1 aromatic heterocycles. The molecule has 25 heavy (non-hydrogen) atoms. The Balaban J connectivity index is 1.93. The number of fused-ring (bicyclic) bond motifs is 1. The Kier molecular flexibility index (Phi) is 4.47. The number of benzene rings is 1. The van der Waals surface area contributed by atoms with Crippen LogP contribution in [0.3, 0.4) is 0 Å². The zero-order chi connectivity index (χ0) is 18.0. The molecule has 7 heteroatoms. The highest BCUT2D eigenvalue weighted by atomic mass is 16.5. The van der Waals surface area contributed by atoms with E-state index in [2.05, 4.69) is 4.98 Å². The van der Waals surface area contributed by atoms with Gasteiger partial charge in [0, 0.05) is 24.3 Å². The van der Waals surface area contributed by atoms with Crippen LogP contribution in [-0.4, -0.2) is 39.0 Å². The minimum Gasteiger partial charge on any atom is -0.475 e. The van der Waals surface area contributed by atoms with E-state index in [-0.39, 0.29) is 23.9 Å². The van der Waals surface area contributed by atoms with Crippen LogP contribution in [0.15, 0.2) is 36.5 Å². The van der Waals surface area contributed by atoms with Crippen molar-refractivity contribution in [1.29, 1.82) is 0 Å². The number of Topliss-reactive ketones (excluding diaryl/α,β-unsaturated/α-hetero) is 1. The van der Waals surface area contributed by atoms with E-state index in [1.165, 1.54) is 22.9 Å². The third-order valence-electron chi connectivity index (χ3n) is 3.95. The molecule has 0 bridgehead atoms. The molecular formula is C18H16N2O5. The molecule has 3 rings (SSSR count). The number of carboxylic acid groups (broad SMARTS) is 1. The normalized spacial score (nSPS) is 16.2. The first-order chi connectivity index (χ1) is 12.0. The molecule has 7 nitrogen and oxygen atoms in total. The predicted molar refractivity (Wildman–Crippen MR) is 88.4 cm³/mol. The van der Waals surface area contributed by atoms with E-state index in [0.717, 1.165) is 5.56 Å². The highest BCUT2D eigenvalue weighted by molar-refractivity contribution is 6.04. The van der Waals surface area contributed by atoms with Gasteiger partial charge in [-0.15, -0.1) is 0 Å². The lowest BCUT2D eigenvalue weighted by atomic mass is 10.1. The highest BCUT2D eigenvalue weighted by Crippen LogP contribution is 2.31. The van der Waals surface area contributed by atoms with Gasteiger partial charge in [0.15, 0.2) is 5.78 Å². The Morgan fingerprint density at radius 1 is 1.40 bits per heavy atom. The topological polar surface area (TPSA) is 98.5 Å². The summed E-state index contributed by atoms with van der Waals surface area (Å²) in [6.07, 6.45) is 4.42. The van der Waals surface area contributed by atoms with Gasteiger partial charge in [-0.3, -0.25) is 4.79 Å². The van der Waals surface area contributed by atoms with Crippen LogP contribution in [0.5, 0.6) is 0 Å². The number of carbonyl (C=O) groups excluding carboxylic acids is 2. The molecule has 0 spiro atoms. The molecule has 2 aromatic rings. The van der Waals surface area contributed by atoms with Gasteiger partial charge in [0.25, 0.3) is 0 Å². The van der Waals surface area contributed by atoms with Crippen molar-refractivity contribution in [2.24, 2.45) is 0 Å². The zero-order valence-corrected chi connectivity index (χ0v) is 13.5. The molecule has 0 amide bonds. The Morgan fingerprint density at radius 3 is 2.84 bits per heavy atom.